The number of amides is 4. The number of carbonyl (C=O) groups is 3. The van der Waals surface area contributed by atoms with Crippen LogP contribution in [-0.4, -0.2) is 23.0 Å². The van der Waals surface area contributed by atoms with Crippen molar-refractivity contribution in [2.75, 3.05) is 4.90 Å². The number of nitrogens with zero attached hydrogens (tertiary/aromatic N) is 1. The molecule has 1 saturated heterocycles. The fourth-order valence-corrected chi connectivity index (χ4v) is 3.83. The van der Waals surface area contributed by atoms with Crippen molar-refractivity contribution in [2.24, 2.45) is 0 Å². The van der Waals surface area contributed by atoms with Crippen molar-refractivity contribution in [1.29, 1.82) is 0 Å². The summed E-state index contributed by atoms with van der Waals surface area (Å²) in [6.45, 7) is 2.00. The Morgan fingerprint density at radius 3 is 2.22 bits per heavy atom. The number of barbiturate groups is 1. The molecule has 0 bridgehead atoms. The maximum atomic E-state index is 12.8. The first-order valence-corrected chi connectivity index (χ1v) is 9.58. The van der Waals surface area contributed by atoms with E-state index in [-0.39, 0.29) is 11.3 Å². The van der Waals surface area contributed by atoms with E-state index in [1.54, 1.807) is 24.3 Å². The van der Waals surface area contributed by atoms with Gasteiger partial charge in [0.15, 0.2) is 0 Å². The Labute approximate surface area is 172 Å². The molecule has 0 atom stereocenters. The van der Waals surface area contributed by atoms with Gasteiger partial charge >= 0.3 is 6.03 Å². The second-order valence-electron chi connectivity index (χ2n) is 5.81. The highest BCUT2D eigenvalue weighted by molar-refractivity contribution is 9.11. The number of phenolic OH excluding ortho intramolecular Hbond substituents is 1. The molecule has 0 aliphatic carbocycles. The lowest BCUT2D eigenvalue weighted by atomic mass is 10.1. The molecule has 27 heavy (non-hydrogen) atoms. The van der Waals surface area contributed by atoms with E-state index in [2.05, 4.69) is 37.2 Å². The average molecular weight is 494 g/mol. The van der Waals surface area contributed by atoms with E-state index in [9.17, 15) is 19.5 Å². The Bertz CT molecular complexity index is 961. The largest absolute Gasteiger partial charge is 0.506 e. The summed E-state index contributed by atoms with van der Waals surface area (Å²) in [5.41, 5.74) is 1.76. The van der Waals surface area contributed by atoms with Crippen molar-refractivity contribution in [2.45, 2.75) is 13.3 Å². The Morgan fingerprint density at radius 2 is 1.67 bits per heavy atom. The SMILES string of the molecule is CCc1ccc(N2C(=O)NC(=O)/C(=C/c3cc(Br)c(O)c(Br)c3)C2=O)cc1. The summed E-state index contributed by atoms with van der Waals surface area (Å²) in [6, 6.07) is 9.30. The molecule has 3 rings (SSSR count). The van der Waals surface area contributed by atoms with Crippen LogP contribution in [0.25, 0.3) is 6.08 Å². The van der Waals surface area contributed by atoms with Crippen molar-refractivity contribution >= 4 is 61.5 Å². The first-order valence-electron chi connectivity index (χ1n) is 8.00. The molecule has 1 aliphatic rings. The van der Waals surface area contributed by atoms with Crippen molar-refractivity contribution in [3.8, 4) is 5.75 Å². The van der Waals surface area contributed by atoms with Crippen LogP contribution < -0.4 is 10.2 Å². The third-order valence-electron chi connectivity index (χ3n) is 4.05. The number of rotatable bonds is 3. The molecule has 0 spiro atoms. The normalized spacial score (nSPS) is 16.0. The summed E-state index contributed by atoms with van der Waals surface area (Å²) in [7, 11) is 0. The summed E-state index contributed by atoms with van der Waals surface area (Å²) in [6.07, 6.45) is 2.20. The predicted molar refractivity (Wildman–Crippen MR) is 108 cm³/mol. The summed E-state index contributed by atoms with van der Waals surface area (Å²) in [5.74, 6) is -1.48. The molecule has 138 valence electrons. The van der Waals surface area contributed by atoms with Crippen LogP contribution in [0, 0.1) is 0 Å². The minimum Gasteiger partial charge on any atom is -0.506 e. The number of phenols is 1. The molecule has 0 unspecified atom stereocenters. The molecule has 0 radical (unpaired) electrons. The first kappa shape index (κ1) is 19.3. The highest BCUT2D eigenvalue weighted by atomic mass is 79.9. The lowest BCUT2D eigenvalue weighted by Crippen LogP contribution is -2.54. The van der Waals surface area contributed by atoms with Gasteiger partial charge in [-0.25, -0.2) is 9.69 Å². The topological polar surface area (TPSA) is 86.7 Å². The van der Waals surface area contributed by atoms with Gasteiger partial charge in [0.2, 0.25) is 0 Å². The Morgan fingerprint density at radius 1 is 1.07 bits per heavy atom. The number of nitrogens with one attached hydrogen (secondary N) is 1. The molecule has 0 aromatic heterocycles. The van der Waals surface area contributed by atoms with E-state index >= 15 is 0 Å². The molecule has 4 amide bonds. The number of imide groups is 2. The van der Waals surface area contributed by atoms with Crippen LogP contribution in [0.1, 0.15) is 18.1 Å². The van der Waals surface area contributed by atoms with Gasteiger partial charge in [0.1, 0.15) is 11.3 Å². The predicted octanol–water partition coefficient (Wildman–Crippen LogP) is 4.15. The lowest BCUT2D eigenvalue weighted by molar-refractivity contribution is -0.122. The molecule has 8 heteroatoms. The smallest absolute Gasteiger partial charge is 0.335 e. The van der Waals surface area contributed by atoms with Gasteiger partial charge in [0, 0.05) is 0 Å². The van der Waals surface area contributed by atoms with Gasteiger partial charge in [0.05, 0.1) is 14.6 Å². The van der Waals surface area contributed by atoms with Crippen molar-refractivity contribution in [3.05, 3.63) is 62.0 Å². The number of benzene rings is 2. The fraction of sp³-hybridized carbons (Fsp3) is 0.105. The number of anilines is 1. The minimum atomic E-state index is -0.792. The monoisotopic (exact) mass is 492 g/mol. The van der Waals surface area contributed by atoms with Gasteiger partial charge < -0.3 is 5.11 Å². The molecule has 0 saturated carbocycles. The molecule has 1 aliphatic heterocycles. The highest BCUT2D eigenvalue weighted by Crippen LogP contribution is 2.34. The summed E-state index contributed by atoms with van der Waals surface area (Å²) in [5, 5.41) is 12.0. The molecule has 2 N–H and O–H groups in total. The molecule has 1 fully saturated rings. The molecular formula is C19H14Br2N2O4. The summed E-state index contributed by atoms with van der Waals surface area (Å²) < 4.78 is 0.797. The van der Waals surface area contributed by atoms with Gasteiger partial charge in [-0.3, -0.25) is 14.9 Å². The van der Waals surface area contributed by atoms with E-state index in [1.807, 2.05) is 19.1 Å². The van der Waals surface area contributed by atoms with Crippen LogP contribution in [0.3, 0.4) is 0 Å². The van der Waals surface area contributed by atoms with Crippen LogP contribution in [-0.2, 0) is 16.0 Å². The molecule has 6 nitrogen and oxygen atoms in total. The molecule has 1 heterocycles. The van der Waals surface area contributed by atoms with E-state index in [1.165, 1.54) is 6.08 Å². The maximum absolute atomic E-state index is 12.8. The highest BCUT2D eigenvalue weighted by Gasteiger charge is 2.36. The third-order valence-corrected chi connectivity index (χ3v) is 5.26. The number of hydrogen-bond donors (Lipinski definition) is 2. The average Bonchev–Trinajstić information content (AvgIpc) is 2.63. The van der Waals surface area contributed by atoms with Gasteiger partial charge in [-0.1, -0.05) is 19.1 Å². The van der Waals surface area contributed by atoms with Crippen LogP contribution in [0.15, 0.2) is 50.9 Å². The van der Waals surface area contributed by atoms with E-state index in [4.69, 9.17) is 0 Å². The number of urea groups is 1. The Kier molecular flexibility index (Phi) is 5.48. The van der Waals surface area contributed by atoms with Crippen molar-refractivity contribution in [3.63, 3.8) is 0 Å². The maximum Gasteiger partial charge on any atom is 0.335 e. The number of hydrogen-bond acceptors (Lipinski definition) is 4. The van der Waals surface area contributed by atoms with Crippen molar-refractivity contribution in [1.82, 2.24) is 5.32 Å². The first-order chi connectivity index (χ1) is 12.8. The van der Waals surface area contributed by atoms with E-state index < -0.39 is 17.8 Å². The fourth-order valence-electron chi connectivity index (χ4n) is 2.61. The van der Waals surface area contributed by atoms with Gasteiger partial charge in [0.25, 0.3) is 11.8 Å². The standard InChI is InChI=1S/C19H14Br2N2O4/c1-2-10-3-5-12(6-4-10)23-18(26)13(17(25)22-19(23)27)7-11-8-14(20)16(24)15(21)9-11/h3-9,24H,2H2,1H3,(H,22,25,27)/b13-7-. The zero-order valence-corrected chi connectivity index (χ0v) is 17.3. The zero-order valence-electron chi connectivity index (χ0n) is 14.1. The van der Waals surface area contributed by atoms with E-state index in [0.29, 0.717) is 20.2 Å². The molecular weight excluding hydrogens is 480 g/mol. The van der Waals surface area contributed by atoms with Gasteiger partial charge in [-0.05, 0) is 79.7 Å². The number of halogens is 2. The third kappa shape index (κ3) is 3.81. The van der Waals surface area contributed by atoms with Gasteiger partial charge in [-0.15, -0.1) is 0 Å². The Balaban J connectivity index is 2.01. The van der Waals surface area contributed by atoms with Crippen LogP contribution in [0.4, 0.5) is 10.5 Å². The van der Waals surface area contributed by atoms with Crippen molar-refractivity contribution < 1.29 is 19.5 Å². The number of aromatic hydroxyl groups is 1. The van der Waals surface area contributed by atoms with Crippen LogP contribution in [0.2, 0.25) is 0 Å². The number of aryl methyl sites for hydroxylation is 1. The van der Waals surface area contributed by atoms with Crippen LogP contribution in [0.5, 0.6) is 5.75 Å². The second-order valence-corrected chi connectivity index (χ2v) is 7.52. The minimum absolute atomic E-state index is 0.00407. The quantitative estimate of drug-likeness (QED) is 0.496. The molecule has 2 aromatic rings. The molecule has 2 aromatic carbocycles. The lowest BCUT2D eigenvalue weighted by Gasteiger charge is -2.26. The van der Waals surface area contributed by atoms with Gasteiger partial charge in [-0.2, -0.15) is 0 Å². The van der Waals surface area contributed by atoms with E-state index in [0.717, 1.165) is 16.9 Å². The van der Waals surface area contributed by atoms with Crippen LogP contribution >= 0.6 is 31.9 Å². The zero-order chi connectivity index (χ0) is 19.7. The second kappa shape index (κ2) is 7.66. The number of carbonyl (C=O) groups excluding carboxylic acids is 3. The summed E-state index contributed by atoms with van der Waals surface area (Å²) >= 11 is 6.41. The Hall–Kier alpha value is -2.45. The summed E-state index contributed by atoms with van der Waals surface area (Å²) in [4.78, 5) is 38.2.